The second-order valence-electron chi connectivity index (χ2n) is 6.72. The van der Waals surface area contributed by atoms with Gasteiger partial charge in [-0.1, -0.05) is 43.7 Å². The molecule has 7 heteroatoms. The predicted octanol–water partition coefficient (Wildman–Crippen LogP) is 2.86. The molecule has 2 aliphatic heterocycles. The topological polar surface area (TPSA) is 84.0 Å². The molecule has 2 aromatic rings. The molecule has 28 heavy (non-hydrogen) atoms. The van der Waals surface area contributed by atoms with E-state index in [0.29, 0.717) is 18.6 Å². The molecule has 0 aromatic heterocycles. The van der Waals surface area contributed by atoms with E-state index in [1.165, 1.54) is 0 Å². The number of benzene rings is 2. The molecule has 2 aliphatic rings. The molecule has 4 amide bonds. The number of likely N-dealkylation sites (tertiary alicyclic amines) is 1. The highest BCUT2D eigenvalue weighted by atomic mass is 16.6. The molecular formula is C21H18N2O5. The van der Waals surface area contributed by atoms with Crippen molar-refractivity contribution in [1.82, 2.24) is 9.80 Å². The van der Waals surface area contributed by atoms with Gasteiger partial charge < -0.3 is 4.74 Å². The highest BCUT2D eigenvalue weighted by Gasteiger charge is 2.58. The van der Waals surface area contributed by atoms with Crippen LogP contribution in [0.4, 0.5) is 4.79 Å². The number of fused-ring (bicyclic) bond motifs is 1. The lowest BCUT2D eigenvalue weighted by Gasteiger charge is -2.47. The van der Waals surface area contributed by atoms with Crippen LogP contribution in [0, 0.1) is 0 Å². The lowest BCUT2D eigenvalue weighted by Crippen LogP contribution is -2.73. The first-order chi connectivity index (χ1) is 13.5. The largest absolute Gasteiger partial charge is 0.422 e. The van der Waals surface area contributed by atoms with Crippen LogP contribution in [-0.2, 0) is 4.79 Å². The van der Waals surface area contributed by atoms with Crippen molar-refractivity contribution in [3.05, 3.63) is 65.7 Å². The van der Waals surface area contributed by atoms with Crippen LogP contribution in [0.1, 0.15) is 40.5 Å². The third-order valence-corrected chi connectivity index (χ3v) is 5.02. The van der Waals surface area contributed by atoms with Gasteiger partial charge in [-0.3, -0.25) is 19.3 Å². The fourth-order valence-electron chi connectivity index (χ4n) is 3.72. The van der Waals surface area contributed by atoms with E-state index in [9.17, 15) is 19.2 Å². The van der Waals surface area contributed by atoms with Crippen molar-refractivity contribution in [2.24, 2.45) is 0 Å². The summed E-state index contributed by atoms with van der Waals surface area (Å²) < 4.78 is 5.27. The van der Waals surface area contributed by atoms with E-state index in [1.54, 1.807) is 54.6 Å². The minimum Gasteiger partial charge on any atom is -0.410 e. The smallest absolute Gasteiger partial charge is 0.410 e. The molecule has 0 N–H and O–H groups in total. The monoisotopic (exact) mass is 378 g/mol. The van der Waals surface area contributed by atoms with Crippen molar-refractivity contribution in [3.63, 3.8) is 0 Å². The average molecular weight is 378 g/mol. The Balaban J connectivity index is 1.58. The lowest BCUT2D eigenvalue weighted by molar-refractivity contribution is -0.151. The van der Waals surface area contributed by atoms with Crippen LogP contribution >= 0.6 is 0 Å². The van der Waals surface area contributed by atoms with Crippen molar-refractivity contribution in [3.8, 4) is 5.75 Å². The van der Waals surface area contributed by atoms with Gasteiger partial charge in [0.15, 0.2) is 0 Å². The van der Waals surface area contributed by atoms with Crippen LogP contribution in [0.3, 0.4) is 0 Å². The summed E-state index contributed by atoms with van der Waals surface area (Å²) in [6.07, 6.45) is 0.336. The summed E-state index contributed by atoms with van der Waals surface area (Å²) in [6, 6.07) is 13.3. The maximum Gasteiger partial charge on any atom is 0.422 e. The molecule has 0 radical (unpaired) electrons. The lowest BCUT2D eigenvalue weighted by atomic mass is 9.90. The van der Waals surface area contributed by atoms with Crippen molar-refractivity contribution < 1.29 is 23.9 Å². The Morgan fingerprint density at radius 1 is 0.929 bits per heavy atom. The van der Waals surface area contributed by atoms with Gasteiger partial charge in [0.1, 0.15) is 11.8 Å². The maximum atomic E-state index is 12.8. The number of rotatable bonds is 4. The molecule has 0 saturated carbocycles. The Morgan fingerprint density at radius 3 is 2.07 bits per heavy atom. The van der Waals surface area contributed by atoms with Crippen molar-refractivity contribution in [2.75, 3.05) is 0 Å². The third kappa shape index (κ3) is 2.67. The first-order valence-electron chi connectivity index (χ1n) is 9.11. The minimum absolute atomic E-state index is 0.279. The SMILES string of the molecule is CCCC1[C@@H](N2C(=O)c3ccccc3C2=O)C(=O)N1C(=O)Oc1ccccc1. The number of hydrogen-bond acceptors (Lipinski definition) is 5. The van der Waals surface area contributed by atoms with Gasteiger partial charge >= 0.3 is 6.09 Å². The van der Waals surface area contributed by atoms with Gasteiger partial charge in [0.25, 0.3) is 17.7 Å². The molecule has 1 saturated heterocycles. The number of carbonyl (C=O) groups excluding carboxylic acids is 4. The van der Waals surface area contributed by atoms with E-state index in [-0.39, 0.29) is 11.1 Å². The Bertz CT molecular complexity index is 937. The molecule has 2 atom stereocenters. The zero-order chi connectivity index (χ0) is 19.8. The number of hydrogen-bond donors (Lipinski definition) is 0. The number of ether oxygens (including phenoxy) is 1. The molecule has 1 fully saturated rings. The van der Waals surface area contributed by atoms with Gasteiger partial charge in [-0.25, -0.2) is 9.69 Å². The first kappa shape index (κ1) is 17.9. The van der Waals surface area contributed by atoms with E-state index in [1.807, 2.05) is 6.92 Å². The quantitative estimate of drug-likeness (QED) is 0.603. The number of carbonyl (C=O) groups is 4. The van der Waals surface area contributed by atoms with Crippen molar-refractivity contribution in [2.45, 2.75) is 31.8 Å². The van der Waals surface area contributed by atoms with E-state index < -0.39 is 35.9 Å². The Hall–Kier alpha value is -3.48. The molecule has 0 aliphatic carbocycles. The Labute approximate surface area is 161 Å². The third-order valence-electron chi connectivity index (χ3n) is 5.02. The Kier molecular flexibility index (Phi) is 4.43. The summed E-state index contributed by atoms with van der Waals surface area (Å²) in [6.45, 7) is 1.91. The second-order valence-corrected chi connectivity index (χ2v) is 6.72. The van der Waals surface area contributed by atoms with E-state index >= 15 is 0 Å². The van der Waals surface area contributed by atoms with Gasteiger partial charge in [-0.05, 0) is 30.7 Å². The number of amides is 4. The van der Waals surface area contributed by atoms with E-state index in [0.717, 1.165) is 9.80 Å². The highest BCUT2D eigenvalue weighted by Crippen LogP contribution is 2.35. The summed E-state index contributed by atoms with van der Waals surface area (Å²) in [5, 5.41) is 0. The van der Waals surface area contributed by atoms with Crippen LogP contribution in [0.5, 0.6) is 5.75 Å². The number of β-lactam (4-membered cyclic amide) rings is 1. The number of para-hydroxylation sites is 1. The standard InChI is InChI=1S/C21H18N2O5/c1-2-8-16-17(23-18(24)14-11-6-7-12-15(14)19(23)25)20(26)22(16)21(27)28-13-9-4-3-5-10-13/h3-7,9-12,16-17H,2,8H2,1H3/t16?,17-/m1/s1. The first-order valence-corrected chi connectivity index (χ1v) is 9.11. The fraction of sp³-hybridized carbons (Fsp3) is 0.238. The molecule has 0 spiro atoms. The number of nitrogens with zero attached hydrogens (tertiary/aromatic N) is 2. The molecule has 2 heterocycles. The molecule has 1 unspecified atom stereocenters. The fourth-order valence-corrected chi connectivity index (χ4v) is 3.72. The van der Waals surface area contributed by atoms with Gasteiger partial charge in [-0.15, -0.1) is 0 Å². The minimum atomic E-state index is -0.990. The summed E-state index contributed by atoms with van der Waals surface area (Å²) in [4.78, 5) is 52.7. The van der Waals surface area contributed by atoms with Gasteiger partial charge in [0.2, 0.25) is 0 Å². The molecule has 2 aromatic carbocycles. The van der Waals surface area contributed by atoms with Crippen molar-refractivity contribution in [1.29, 1.82) is 0 Å². The van der Waals surface area contributed by atoms with Crippen LogP contribution in [0.2, 0.25) is 0 Å². The molecule has 142 valence electrons. The van der Waals surface area contributed by atoms with Gasteiger partial charge in [0.05, 0.1) is 17.2 Å². The molecular weight excluding hydrogens is 360 g/mol. The summed E-state index contributed by atoms with van der Waals surface area (Å²) >= 11 is 0. The van der Waals surface area contributed by atoms with Crippen LogP contribution < -0.4 is 4.74 Å². The summed E-state index contributed by atoms with van der Waals surface area (Å²) in [5.41, 5.74) is 0.557. The van der Waals surface area contributed by atoms with Crippen LogP contribution in [0.25, 0.3) is 0 Å². The summed E-state index contributed by atoms with van der Waals surface area (Å²) in [7, 11) is 0. The Morgan fingerprint density at radius 2 is 1.50 bits per heavy atom. The van der Waals surface area contributed by atoms with E-state index in [4.69, 9.17) is 4.74 Å². The van der Waals surface area contributed by atoms with Crippen LogP contribution in [0.15, 0.2) is 54.6 Å². The highest BCUT2D eigenvalue weighted by molar-refractivity contribution is 6.24. The predicted molar refractivity (Wildman–Crippen MR) is 98.7 cm³/mol. The number of imide groups is 2. The molecule has 0 bridgehead atoms. The van der Waals surface area contributed by atoms with Crippen molar-refractivity contribution >= 4 is 23.8 Å². The second kappa shape index (κ2) is 6.92. The molecule has 7 nitrogen and oxygen atoms in total. The normalized spacial score (nSPS) is 20.8. The van der Waals surface area contributed by atoms with Gasteiger partial charge in [-0.2, -0.15) is 0 Å². The van der Waals surface area contributed by atoms with E-state index in [2.05, 4.69) is 0 Å². The summed E-state index contributed by atoms with van der Waals surface area (Å²) in [5.74, 6) is -1.29. The van der Waals surface area contributed by atoms with Gasteiger partial charge in [0, 0.05) is 0 Å². The van der Waals surface area contributed by atoms with Crippen LogP contribution in [-0.4, -0.2) is 45.7 Å². The molecule has 4 rings (SSSR count). The average Bonchev–Trinajstić information content (AvgIpc) is 2.94. The zero-order valence-corrected chi connectivity index (χ0v) is 15.2. The zero-order valence-electron chi connectivity index (χ0n) is 15.2. The maximum absolute atomic E-state index is 12.8.